The van der Waals surface area contributed by atoms with Crippen LogP contribution in [-0.2, 0) is 11.3 Å². The highest BCUT2D eigenvalue weighted by atomic mass is 16.2. The van der Waals surface area contributed by atoms with Crippen molar-refractivity contribution >= 4 is 11.9 Å². The van der Waals surface area contributed by atoms with Gasteiger partial charge in [0.25, 0.3) is 0 Å². The number of piperidine rings is 1. The molecule has 0 aliphatic carbocycles. The first-order valence-electron chi connectivity index (χ1n) is 6.79. The Kier molecular flexibility index (Phi) is 4.60. The quantitative estimate of drug-likeness (QED) is 0.841. The minimum Gasteiger partial charge on any atom is -0.350 e. The van der Waals surface area contributed by atoms with E-state index in [1.54, 1.807) is 36.4 Å². The van der Waals surface area contributed by atoms with E-state index in [1.165, 1.54) is 0 Å². The van der Waals surface area contributed by atoms with E-state index < -0.39 is 0 Å². The Bertz CT molecular complexity index is 449. The molecule has 110 valence electrons. The van der Waals surface area contributed by atoms with Gasteiger partial charge in [-0.05, 0) is 12.8 Å². The van der Waals surface area contributed by atoms with Gasteiger partial charge in [-0.3, -0.25) is 4.79 Å². The zero-order valence-electron chi connectivity index (χ0n) is 11.9. The molecule has 1 fully saturated rings. The topological polar surface area (TPSA) is 81.3 Å². The Hall–Kier alpha value is -2.05. The van der Waals surface area contributed by atoms with Crippen molar-refractivity contribution in [3.8, 4) is 0 Å². The van der Waals surface area contributed by atoms with Gasteiger partial charge >= 0.3 is 6.03 Å². The van der Waals surface area contributed by atoms with Crippen LogP contribution in [0.5, 0.6) is 0 Å². The van der Waals surface area contributed by atoms with Gasteiger partial charge in [-0.2, -0.15) is 0 Å². The first-order valence-corrected chi connectivity index (χ1v) is 6.79. The summed E-state index contributed by atoms with van der Waals surface area (Å²) in [5.74, 6) is 0.0423. The van der Waals surface area contributed by atoms with E-state index in [9.17, 15) is 9.59 Å². The maximum Gasteiger partial charge on any atom is 0.319 e. The van der Waals surface area contributed by atoms with E-state index in [-0.39, 0.29) is 17.9 Å². The van der Waals surface area contributed by atoms with Gasteiger partial charge in [0.2, 0.25) is 5.91 Å². The molecule has 2 heterocycles. The van der Waals surface area contributed by atoms with Crippen molar-refractivity contribution in [2.45, 2.75) is 19.4 Å². The van der Waals surface area contributed by atoms with Gasteiger partial charge in [0.1, 0.15) is 0 Å². The summed E-state index contributed by atoms with van der Waals surface area (Å²) in [6, 6.07) is 0.0151. The predicted molar refractivity (Wildman–Crippen MR) is 73.8 cm³/mol. The molecule has 1 aliphatic heterocycles. The second kappa shape index (κ2) is 6.40. The Morgan fingerprint density at radius 3 is 2.70 bits per heavy atom. The van der Waals surface area contributed by atoms with Crippen LogP contribution in [-0.4, -0.2) is 58.9 Å². The molecule has 7 nitrogen and oxygen atoms in total. The van der Waals surface area contributed by atoms with Gasteiger partial charge in [-0.1, -0.05) is 0 Å². The fourth-order valence-corrected chi connectivity index (χ4v) is 2.32. The molecule has 0 unspecified atom stereocenters. The standard InChI is InChI=1S/C13H21N5O2/c1-17(2)13(20)18-5-3-10(4-6-18)12(19)15-8-11-7-14-9-16-11/h7,9-10H,3-6,8H2,1-2H3,(H,14,16)(H,15,19). The number of carbonyl (C=O) groups excluding carboxylic acids is 2. The van der Waals surface area contributed by atoms with Gasteiger partial charge in [0, 0.05) is 39.3 Å². The van der Waals surface area contributed by atoms with Gasteiger partial charge in [0.05, 0.1) is 18.6 Å². The molecule has 1 aromatic rings. The van der Waals surface area contributed by atoms with Crippen molar-refractivity contribution in [1.29, 1.82) is 0 Å². The smallest absolute Gasteiger partial charge is 0.319 e. The van der Waals surface area contributed by atoms with Crippen LogP contribution in [0.15, 0.2) is 12.5 Å². The number of nitrogens with one attached hydrogen (secondary N) is 2. The van der Waals surface area contributed by atoms with E-state index in [0.29, 0.717) is 32.5 Å². The highest BCUT2D eigenvalue weighted by molar-refractivity contribution is 5.79. The lowest BCUT2D eigenvalue weighted by Gasteiger charge is -2.33. The van der Waals surface area contributed by atoms with E-state index in [2.05, 4.69) is 15.3 Å². The largest absolute Gasteiger partial charge is 0.350 e. The minimum atomic E-state index is -0.0101. The van der Waals surface area contributed by atoms with E-state index in [0.717, 1.165) is 5.69 Å². The molecule has 2 rings (SSSR count). The van der Waals surface area contributed by atoms with Crippen molar-refractivity contribution < 1.29 is 9.59 Å². The monoisotopic (exact) mass is 279 g/mol. The fourth-order valence-electron chi connectivity index (χ4n) is 2.32. The van der Waals surface area contributed by atoms with Crippen LogP contribution in [0.4, 0.5) is 4.79 Å². The first kappa shape index (κ1) is 14.4. The number of aromatic amines is 1. The second-order valence-electron chi connectivity index (χ2n) is 5.23. The third-order valence-electron chi connectivity index (χ3n) is 3.53. The van der Waals surface area contributed by atoms with Crippen LogP contribution < -0.4 is 5.32 Å². The number of hydrogen-bond donors (Lipinski definition) is 2. The van der Waals surface area contributed by atoms with E-state index in [4.69, 9.17) is 0 Å². The number of urea groups is 1. The highest BCUT2D eigenvalue weighted by Gasteiger charge is 2.27. The number of hydrogen-bond acceptors (Lipinski definition) is 3. The average molecular weight is 279 g/mol. The van der Waals surface area contributed by atoms with Crippen LogP contribution in [0.3, 0.4) is 0 Å². The molecule has 0 spiro atoms. The van der Waals surface area contributed by atoms with Crippen LogP contribution in [0.2, 0.25) is 0 Å². The number of H-pyrrole nitrogens is 1. The molecule has 0 aromatic carbocycles. The summed E-state index contributed by atoms with van der Waals surface area (Å²) >= 11 is 0. The van der Waals surface area contributed by atoms with Crippen molar-refractivity contribution in [3.63, 3.8) is 0 Å². The zero-order valence-corrected chi connectivity index (χ0v) is 11.9. The van der Waals surface area contributed by atoms with E-state index >= 15 is 0 Å². The summed E-state index contributed by atoms with van der Waals surface area (Å²) in [5.41, 5.74) is 0.888. The predicted octanol–water partition coefficient (Wildman–Crippen LogP) is 0.420. The van der Waals surface area contributed by atoms with Crippen molar-refractivity contribution in [1.82, 2.24) is 25.1 Å². The number of imidazole rings is 1. The molecule has 20 heavy (non-hydrogen) atoms. The average Bonchev–Trinajstić information content (AvgIpc) is 2.97. The number of rotatable bonds is 3. The molecule has 3 amide bonds. The zero-order chi connectivity index (χ0) is 14.5. The lowest BCUT2D eigenvalue weighted by Crippen LogP contribution is -2.46. The summed E-state index contributed by atoms with van der Waals surface area (Å²) in [4.78, 5) is 34.0. The Morgan fingerprint density at radius 2 is 2.15 bits per heavy atom. The Morgan fingerprint density at radius 1 is 1.45 bits per heavy atom. The number of carbonyl (C=O) groups is 2. The van der Waals surface area contributed by atoms with Crippen LogP contribution >= 0.6 is 0 Å². The lowest BCUT2D eigenvalue weighted by atomic mass is 9.96. The van der Waals surface area contributed by atoms with Crippen LogP contribution in [0, 0.1) is 5.92 Å². The van der Waals surface area contributed by atoms with Gasteiger partial charge in [-0.25, -0.2) is 9.78 Å². The summed E-state index contributed by atoms with van der Waals surface area (Å²) < 4.78 is 0. The maximum atomic E-state index is 12.0. The SMILES string of the molecule is CN(C)C(=O)N1CCC(C(=O)NCc2cnc[nH]2)CC1. The lowest BCUT2D eigenvalue weighted by molar-refractivity contribution is -0.126. The number of likely N-dealkylation sites (tertiary alicyclic amines) is 1. The minimum absolute atomic E-state index is 0.0101. The highest BCUT2D eigenvalue weighted by Crippen LogP contribution is 2.18. The molecule has 0 radical (unpaired) electrons. The number of nitrogens with zero attached hydrogens (tertiary/aromatic N) is 3. The summed E-state index contributed by atoms with van der Waals surface area (Å²) in [5, 5.41) is 2.90. The first-order chi connectivity index (χ1) is 9.58. The molecule has 2 N–H and O–H groups in total. The molecular weight excluding hydrogens is 258 g/mol. The van der Waals surface area contributed by atoms with Crippen LogP contribution in [0.1, 0.15) is 18.5 Å². The molecule has 0 atom stereocenters. The molecule has 0 bridgehead atoms. The van der Waals surface area contributed by atoms with Gasteiger partial charge in [0.15, 0.2) is 0 Å². The summed E-state index contributed by atoms with van der Waals surface area (Å²) in [6.07, 6.45) is 4.72. The normalized spacial score (nSPS) is 16.0. The van der Waals surface area contributed by atoms with Gasteiger partial charge in [-0.15, -0.1) is 0 Å². The molecule has 1 aliphatic rings. The van der Waals surface area contributed by atoms with Crippen LogP contribution in [0.25, 0.3) is 0 Å². The Labute approximate surface area is 118 Å². The summed E-state index contributed by atoms with van der Waals surface area (Å²) in [7, 11) is 3.48. The molecule has 1 aromatic heterocycles. The van der Waals surface area contributed by atoms with Crippen molar-refractivity contribution in [3.05, 3.63) is 18.2 Å². The number of aromatic nitrogens is 2. The molecule has 0 saturated carbocycles. The Balaban J connectivity index is 1.75. The second-order valence-corrected chi connectivity index (χ2v) is 5.23. The van der Waals surface area contributed by atoms with E-state index in [1.807, 2.05) is 0 Å². The molecule has 1 saturated heterocycles. The maximum absolute atomic E-state index is 12.0. The summed E-state index contributed by atoms with van der Waals surface area (Å²) in [6.45, 7) is 1.74. The third kappa shape index (κ3) is 3.49. The fraction of sp³-hybridized carbons (Fsp3) is 0.615. The van der Waals surface area contributed by atoms with Crippen molar-refractivity contribution in [2.24, 2.45) is 5.92 Å². The van der Waals surface area contributed by atoms with Gasteiger partial charge < -0.3 is 20.1 Å². The van der Waals surface area contributed by atoms with Crippen molar-refractivity contribution in [2.75, 3.05) is 27.2 Å². The third-order valence-corrected chi connectivity index (χ3v) is 3.53. The molecule has 7 heteroatoms. The molecular formula is C13H21N5O2. The number of amides is 3.